The Balaban J connectivity index is 1.80. The van der Waals surface area contributed by atoms with Gasteiger partial charge in [0.25, 0.3) is 0 Å². The van der Waals surface area contributed by atoms with Gasteiger partial charge in [0.15, 0.2) is 11.5 Å². The van der Waals surface area contributed by atoms with Crippen LogP contribution in [0.5, 0.6) is 11.5 Å². The van der Waals surface area contributed by atoms with E-state index in [1.807, 2.05) is 49.1 Å². The Morgan fingerprint density at radius 1 is 1.36 bits per heavy atom. The topological polar surface area (TPSA) is 65.4 Å². The van der Waals surface area contributed by atoms with Crippen molar-refractivity contribution < 1.29 is 14.3 Å². The number of nitrogens with zero attached hydrogens (tertiary/aromatic N) is 2. The van der Waals surface area contributed by atoms with E-state index in [9.17, 15) is 4.79 Å². The van der Waals surface area contributed by atoms with E-state index in [2.05, 4.69) is 10.4 Å². The lowest BCUT2D eigenvalue weighted by Crippen LogP contribution is -2.23. The minimum Gasteiger partial charge on any atom is -0.493 e. The molecule has 1 aromatic carbocycles. The van der Waals surface area contributed by atoms with Gasteiger partial charge in [-0.25, -0.2) is 0 Å². The molecule has 0 saturated heterocycles. The molecule has 0 bridgehead atoms. The first kappa shape index (κ1) is 18.6. The first-order valence-electron chi connectivity index (χ1n) is 8.38. The van der Waals surface area contributed by atoms with E-state index >= 15 is 0 Å². The van der Waals surface area contributed by atoms with Crippen molar-refractivity contribution in [1.82, 2.24) is 15.1 Å². The summed E-state index contributed by atoms with van der Waals surface area (Å²) in [5.74, 6) is 1.23. The number of carbonyl (C=O) groups excluding carboxylic acids is 1. The highest BCUT2D eigenvalue weighted by Crippen LogP contribution is 2.28. The predicted molar refractivity (Wildman–Crippen MR) is 97.8 cm³/mol. The van der Waals surface area contributed by atoms with Crippen LogP contribution in [0.4, 0.5) is 0 Å². The zero-order valence-corrected chi connectivity index (χ0v) is 15.0. The van der Waals surface area contributed by atoms with Crippen molar-refractivity contribution >= 4 is 12.0 Å². The van der Waals surface area contributed by atoms with Gasteiger partial charge in [-0.3, -0.25) is 9.48 Å². The molecule has 1 N–H and O–H groups in total. The van der Waals surface area contributed by atoms with Gasteiger partial charge in [-0.15, -0.1) is 0 Å². The standard InChI is InChI=1S/C19H25N3O3/c1-4-25-18-12-16(6-8-17(18)24-3)7-9-19(23)20-10-5-11-22-14-15(2)13-21-22/h6-9,12-14H,4-5,10-11H2,1-3H3,(H,20,23)/b9-7-. The van der Waals surface area contributed by atoms with Gasteiger partial charge in [0.2, 0.25) is 5.91 Å². The van der Waals surface area contributed by atoms with Crippen LogP contribution in [-0.4, -0.2) is 35.9 Å². The maximum atomic E-state index is 11.9. The van der Waals surface area contributed by atoms with Crippen molar-refractivity contribution in [2.45, 2.75) is 26.8 Å². The maximum absolute atomic E-state index is 11.9. The molecule has 134 valence electrons. The fourth-order valence-electron chi connectivity index (χ4n) is 2.34. The monoisotopic (exact) mass is 343 g/mol. The quantitative estimate of drug-likeness (QED) is 0.562. The minimum absolute atomic E-state index is 0.120. The number of aromatic nitrogens is 2. The first-order chi connectivity index (χ1) is 12.1. The second-order valence-corrected chi connectivity index (χ2v) is 5.60. The van der Waals surface area contributed by atoms with E-state index in [1.165, 1.54) is 6.08 Å². The van der Waals surface area contributed by atoms with Crippen LogP contribution in [0.1, 0.15) is 24.5 Å². The Labute approximate surface area is 148 Å². The number of rotatable bonds is 9. The minimum atomic E-state index is -0.120. The molecule has 2 rings (SSSR count). The highest BCUT2D eigenvalue weighted by atomic mass is 16.5. The maximum Gasteiger partial charge on any atom is 0.244 e. The Bertz CT molecular complexity index is 722. The Morgan fingerprint density at radius 3 is 2.88 bits per heavy atom. The Hall–Kier alpha value is -2.76. The van der Waals surface area contributed by atoms with Crippen molar-refractivity contribution in [2.24, 2.45) is 0 Å². The van der Waals surface area contributed by atoms with Crippen LogP contribution in [0, 0.1) is 6.92 Å². The molecule has 0 spiro atoms. The smallest absolute Gasteiger partial charge is 0.244 e. The van der Waals surface area contributed by atoms with E-state index in [-0.39, 0.29) is 5.91 Å². The molecule has 1 aromatic heterocycles. The van der Waals surface area contributed by atoms with E-state index in [1.54, 1.807) is 13.2 Å². The third-order valence-electron chi connectivity index (χ3n) is 3.54. The summed E-state index contributed by atoms with van der Waals surface area (Å²) < 4.78 is 12.7. The second-order valence-electron chi connectivity index (χ2n) is 5.60. The van der Waals surface area contributed by atoms with Gasteiger partial charge in [-0.2, -0.15) is 5.10 Å². The third kappa shape index (κ3) is 5.99. The molecular weight excluding hydrogens is 318 g/mol. The molecule has 1 amide bonds. The van der Waals surface area contributed by atoms with Crippen LogP contribution >= 0.6 is 0 Å². The molecule has 0 saturated carbocycles. The molecule has 25 heavy (non-hydrogen) atoms. The summed E-state index contributed by atoms with van der Waals surface area (Å²) in [5, 5.41) is 7.08. The molecule has 0 radical (unpaired) electrons. The van der Waals surface area contributed by atoms with Gasteiger partial charge in [0.1, 0.15) is 0 Å². The van der Waals surface area contributed by atoms with E-state index < -0.39 is 0 Å². The summed E-state index contributed by atoms with van der Waals surface area (Å²) in [6, 6.07) is 5.56. The fraction of sp³-hybridized carbons (Fsp3) is 0.368. The Kier molecular flexibility index (Phi) is 7.07. The van der Waals surface area contributed by atoms with Crippen LogP contribution in [0.3, 0.4) is 0 Å². The summed E-state index contributed by atoms with van der Waals surface area (Å²) >= 11 is 0. The molecular formula is C19H25N3O3. The number of methoxy groups -OCH3 is 1. The van der Waals surface area contributed by atoms with Gasteiger partial charge in [-0.05, 0) is 49.6 Å². The van der Waals surface area contributed by atoms with Gasteiger partial charge in [0.05, 0.1) is 19.9 Å². The third-order valence-corrected chi connectivity index (χ3v) is 3.54. The molecule has 1 heterocycles. The van der Waals surface area contributed by atoms with Crippen LogP contribution in [-0.2, 0) is 11.3 Å². The lowest BCUT2D eigenvalue weighted by atomic mass is 10.2. The average Bonchev–Trinajstić information content (AvgIpc) is 3.02. The number of ether oxygens (including phenoxy) is 2. The van der Waals surface area contributed by atoms with E-state index in [4.69, 9.17) is 9.47 Å². The molecule has 0 aliphatic heterocycles. The normalized spacial score (nSPS) is 10.8. The number of carbonyl (C=O) groups is 1. The molecule has 0 unspecified atom stereocenters. The first-order valence-corrected chi connectivity index (χ1v) is 8.38. The van der Waals surface area contributed by atoms with Crippen molar-refractivity contribution in [2.75, 3.05) is 20.3 Å². The summed E-state index contributed by atoms with van der Waals surface area (Å²) in [4.78, 5) is 11.9. The molecule has 6 heteroatoms. The summed E-state index contributed by atoms with van der Waals surface area (Å²) in [6.07, 6.45) is 7.93. The van der Waals surface area contributed by atoms with Crippen molar-refractivity contribution in [3.63, 3.8) is 0 Å². The second kappa shape index (κ2) is 9.52. The molecule has 0 fully saturated rings. The zero-order valence-electron chi connectivity index (χ0n) is 15.0. The largest absolute Gasteiger partial charge is 0.493 e. The lowest BCUT2D eigenvalue weighted by Gasteiger charge is -2.09. The lowest BCUT2D eigenvalue weighted by molar-refractivity contribution is -0.116. The summed E-state index contributed by atoms with van der Waals surface area (Å²) in [7, 11) is 1.60. The van der Waals surface area contributed by atoms with Crippen molar-refractivity contribution in [3.05, 3.63) is 47.8 Å². The highest BCUT2D eigenvalue weighted by Gasteiger charge is 2.04. The van der Waals surface area contributed by atoms with Gasteiger partial charge in [0, 0.05) is 25.4 Å². The molecule has 0 aliphatic rings. The summed E-state index contributed by atoms with van der Waals surface area (Å²) in [6.45, 7) is 5.87. The zero-order chi connectivity index (χ0) is 18.1. The van der Waals surface area contributed by atoms with Crippen LogP contribution in [0.2, 0.25) is 0 Å². The molecule has 0 atom stereocenters. The highest BCUT2D eigenvalue weighted by molar-refractivity contribution is 5.91. The Morgan fingerprint density at radius 2 is 2.20 bits per heavy atom. The van der Waals surface area contributed by atoms with Crippen molar-refractivity contribution in [1.29, 1.82) is 0 Å². The number of aryl methyl sites for hydroxylation is 2. The predicted octanol–water partition coefficient (Wildman–Crippen LogP) is 2.82. The molecule has 6 nitrogen and oxygen atoms in total. The van der Waals surface area contributed by atoms with E-state index in [0.717, 1.165) is 24.1 Å². The van der Waals surface area contributed by atoms with Gasteiger partial charge in [-0.1, -0.05) is 6.07 Å². The van der Waals surface area contributed by atoms with Crippen LogP contribution in [0.15, 0.2) is 36.7 Å². The summed E-state index contributed by atoms with van der Waals surface area (Å²) in [5.41, 5.74) is 2.02. The average molecular weight is 343 g/mol. The number of nitrogens with one attached hydrogen (secondary N) is 1. The van der Waals surface area contributed by atoms with Crippen LogP contribution in [0.25, 0.3) is 6.08 Å². The van der Waals surface area contributed by atoms with Crippen molar-refractivity contribution in [3.8, 4) is 11.5 Å². The number of hydrogen-bond acceptors (Lipinski definition) is 4. The molecule has 0 aliphatic carbocycles. The number of benzene rings is 1. The fourth-order valence-corrected chi connectivity index (χ4v) is 2.34. The van der Waals surface area contributed by atoms with Gasteiger partial charge >= 0.3 is 0 Å². The molecule has 2 aromatic rings. The number of hydrogen-bond donors (Lipinski definition) is 1. The van der Waals surface area contributed by atoms with E-state index in [0.29, 0.717) is 24.7 Å². The SMILES string of the molecule is CCOc1cc(/C=C\C(=O)NCCCn2cc(C)cn2)ccc1OC. The number of amides is 1. The van der Waals surface area contributed by atoms with Crippen LogP contribution < -0.4 is 14.8 Å². The van der Waals surface area contributed by atoms with Gasteiger partial charge < -0.3 is 14.8 Å².